The number of rotatable bonds is 1. The third-order valence-electron chi connectivity index (χ3n) is 5.85. The Bertz CT molecular complexity index is 618. The molecule has 1 aliphatic carbocycles. The van der Waals surface area contributed by atoms with E-state index in [0.29, 0.717) is 6.04 Å². The minimum absolute atomic E-state index is 0.622. The van der Waals surface area contributed by atoms with Gasteiger partial charge < -0.3 is 4.90 Å². The quantitative estimate of drug-likeness (QED) is 0.798. The molecule has 3 aliphatic rings. The van der Waals surface area contributed by atoms with Crippen LogP contribution in [0.25, 0.3) is 0 Å². The molecule has 1 aromatic rings. The number of likely N-dealkylation sites (N-methyl/N-ethyl adjacent to an activating group) is 1. The van der Waals surface area contributed by atoms with Crippen LogP contribution < -0.4 is 4.90 Å². The van der Waals surface area contributed by atoms with Crippen LogP contribution in [-0.2, 0) is 12.8 Å². The van der Waals surface area contributed by atoms with Crippen molar-refractivity contribution in [2.75, 3.05) is 25.0 Å². The predicted octanol–water partition coefficient (Wildman–Crippen LogP) is 2.50. The van der Waals surface area contributed by atoms with E-state index in [2.05, 4.69) is 29.0 Å². The average Bonchev–Trinajstić information content (AvgIpc) is 2.79. The molecule has 4 nitrogen and oxygen atoms in total. The van der Waals surface area contributed by atoms with Crippen LogP contribution in [0.2, 0.25) is 0 Å². The molecule has 0 saturated carbocycles. The third-order valence-corrected chi connectivity index (χ3v) is 5.85. The summed E-state index contributed by atoms with van der Waals surface area (Å²) in [4.78, 5) is 9.87. The standard InChI is InChI=1S/C18H24N4/c1-21-15-6-7-16(21)12-22(9-8-15)18-14(11-19)10-13-4-2-3-5-17(13)20-18/h10,15-16H,2-9,12H2,1H3/t15-,16-/m0/s1. The molecule has 116 valence electrons. The van der Waals surface area contributed by atoms with Crippen LogP contribution in [0.5, 0.6) is 0 Å². The van der Waals surface area contributed by atoms with Crippen LogP contribution in [-0.4, -0.2) is 42.1 Å². The lowest BCUT2D eigenvalue weighted by Gasteiger charge is -2.28. The molecular formula is C18H24N4. The number of hydrogen-bond donors (Lipinski definition) is 0. The molecule has 0 aromatic carbocycles. The second-order valence-corrected chi connectivity index (χ2v) is 7.07. The maximum absolute atomic E-state index is 9.58. The van der Waals surface area contributed by atoms with Crippen molar-refractivity contribution in [3.8, 4) is 6.07 Å². The van der Waals surface area contributed by atoms with Crippen molar-refractivity contribution in [2.24, 2.45) is 0 Å². The van der Waals surface area contributed by atoms with E-state index in [9.17, 15) is 5.26 Å². The number of aryl methyl sites for hydroxylation is 2. The Balaban J connectivity index is 1.68. The van der Waals surface area contributed by atoms with Crippen LogP contribution in [0.4, 0.5) is 5.82 Å². The van der Waals surface area contributed by atoms with Gasteiger partial charge in [0.1, 0.15) is 11.9 Å². The molecule has 0 spiro atoms. The minimum Gasteiger partial charge on any atom is -0.354 e. The zero-order valence-electron chi connectivity index (χ0n) is 13.4. The lowest BCUT2D eigenvalue weighted by atomic mass is 9.94. The van der Waals surface area contributed by atoms with E-state index in [0.717, 1.165) is 43.4 Å². The van der Waals surface area contributed by atoms with Gasteiger partial charge in [-0.2, -0.15) is 5.26 Å². The lowest BCUT2D eigenvalue weighted by Crippen LogP contribution is -2.37. The lowest BCUT2D eigenvalue weighted by molar-refractivity contribution is 0.254. The molecule has 1 aromatic heterocycles. The van der Waals surface area contributed by atoms with Gasteiger partial charge in [0.2, 0.25) is 0 Å². The van der Waals surface area contributed by atoms with Crippen molar-refractivity contribution in [2.45, 2.75) is 57.0 Å². The third kappa shape index (κ3) is 2.28. The van der Waals surface area contributed by atoms with Crippen molar-refractivity contribution >= 4 is 5.82 Å². The maximum Gasteiger partial charge on any atom is 0.146 e. The van der Waals surface area contributed by atoms with E-state index in [1.807, 2.05) is 0 Å². The van der Waals surface area contributed by atoms with Crippen molar-refractivity contribution < 1.29 is 0 Å². The smallest absolute Gasteiger partial charge is 0.146 e. The molecule has 4 heteroatoms. The number of nitrogens with zero attached hydrogens (tertiary/aromatic N) is 4. The van der Waals surface area contributed by atoms with E-state index in [1.54, 1.807) is 0 Å². The van der Waals surface area contributed by atoms with Gasteiger partial charge in [-0.1, -0.05) is 0 Å². The first kappa shape index (κ1) is 14.0. The first-order chi connectivity index (χ1) is 10.8. The van der Waals surface area contributed by atoms with Crippen LogP contribution in [0.3, 0.4) is 0 Å². The van der Waals surface area contributed by atoms with Gasteiger partial charge in [-0.25, -0.2) is 4.98 Å². The summed E-state index contributed by atoms with van der Waals surface area (Å²) in [6.07, 6.45) is 8.44. The van der Waals surface area contributed by atoms with Gasteiger partial charge in [0.05, 0.1) is 5.56 Å². The zero-order chi connectivity index (χ0) is 15.1. The first-order valence-electron chi connectivity index (χ1n) is 8.66. The second-order valence-electron chi connectivity index (χ2n) is 7.07. The van der Waals surface area contributed by atoms with Gasteiger partial charge in [0.15, 0.2) is 0 Å². The summed E-state index contributed by atoms with van der Waals surface area (Å²) in [6.45, 7) is 2.06. The molecule has 2 atom stereocenters. The molecule has 2 aliphatic heterocycles. The van der Waals surface area contributed by atoms with Gasteiger partial charge >= 0.3 is 0 Å². The van der Waals surface area contributed by atoms with Gasteiger partial charge in [0.25, 0.3) is 0 Å². The Kier molecular flexibility index (Phi) is 3.54. The summed E-state index contributed by atoms with van der Waals surface area (Å²) in [5.41, 5.74) is 3.32. The highest BCUT2D eigenvalue weighted by Crippen LogP contribution is 2.32. The summed E-state index contributed by atoms with van der Waals surface area (Å²) >= 11 is 0. The van der Waals surface area contributed by atoms with Gasteiger partial charge in [-0.15, -0.1) is 0 Å². The highest BCUT2D eigenvalue weighted by molar-refractivity contribution is 5.57. The molecule has 2 fully saturated rings. The number of pyridine rings is 1. The van der Waals surface area contributed by atoms with E-state index < -0.39 is 0 Å². The number of nitriles is 1. The normalized spacial score (nSPS) is 28.1. The Morgan fingerprint density at radius 1 is 1.18 bits per heavy atom. The van der Waals surface area contributed by atoms with E-state index in [4.69, 9.17) is 4.98 Å². The van der Waals surface area contributed by atoms with Crippen LogP contribution in [0.15, 0.2) is 6.07 Å². The summed E-state index contributed by atoms with van der Waals surface area (Å²) in [5, 5.41) is 9.58. The fourth-order valence-electron chi connectivity index (χ4n) is 4.45. The SMILES string of the molecule is CN1[C@H]2CC[C@H]1CN(c1nc3c(cc1C#N)CCCC3)CC2. The van der Waals surface area contributed by atoms with Gasteiger partial charge in [0, 0.05) is 30.9 Å². The van der Waals surface area contributed by atoms with E-state index >= 15 is 0 Å². The zero-order valence-corrected chi connectivity index (χ0v) is 13.4. The van der Waals surface area contributed by atoms with E-state index in [-0.39, 0.29) is 0 Å². The molecule has 22 heavy (non-hydrogen) atoms. The highest BCUT2D eigenvalue weighted by Gasteiger charge is 2.35. The highest BCUT2D eigenvalue weighted by atomic mass is 15.3. The molecule has 2 saturated heterocycles. The monoisotopic (exact) mass is 296 g/mol. The summed E-state index contributed by atoms with van der Waals surface area (Å²) in [5.74, 6) is 0.948. The minimum atomic E-state index is 0.622. The Morgan fingerprint density at radius 2 is 2.00 bits per heavy atom. The molecule has 0 N–H and O–H groups in total. The first-order valence-corrected chi connectivity index (χ1v) is 8.66. The summed E-state index contributed by atoms with van der Waals surface area (Å²) in [7, 11) is 2.26. The Labute approximate surface area is 132 Å². The largest absolute Gasteiger partial charge is 0.354 e. The van der Waals surface area contributed by atoms with Gasteiger partial charge in [-0.05, 0) is 63.6 Å². The topological polar surface area (TPSA) is 43.2 Å². The second kappa shape index (κ2) is 5.55. The van der Waals surface area contributed by atoms with Crippen molar-refractivity contribution in [3.05, 3.63) is 22.9 Å². The molecule has 4 rings (SSSR count). The fourth-order valence-corrected chi connectivity index (χ4v) is 4.45. The van der Waals surface area contributed by atoms with Crippen molar-refractivity contribution in [1.29, 1.82) is 5.26 Å². The van der Waals surface area contributed by atoms with Crippen LogP contribution in [0.1, 0.15) is 48.9 Å². The Hall–Kier alpha value is -1.60. The number of hydrogen-bond acceptors (Lipinski definition) is 4. The number of fused-ring (bicyclic) bond motifs is 3. The maximum atomic E-state index is 9.58. The van der Waals surface area contributed by atoms with Crippen molar-refractivity contribution in [3.63, 3.8) is 0 Å². The molecule has 3 heterocycles. The molecule has 0 radical (unpaired) electrons. The van der Waals surface area contributed by atoms with Crippen molar-refractivity contribution in [1.82, 2.24) is 9.88 Å². The molecule has 2 bridgehead atoms. The Morgan fingerprint density at radius 3 is 2.86 bits per heavy atom. The number of aromatic nitrogens is 1. The van der Waals surface area contributed by atoms with Crippen LogP contribution >= 0.6 is 0 Å². The summed E-state index contributed by atoms with van der Waals surface area (Å²) < 4.78 is 0. The fraction of sp³-hybridized carbons (Fsp3) is 0.667. The predicted molar refractivity (Wildman–Crippen MR) is 87.0 cm³/mol. The molecular weight excluding hydrogens is 272 g/mol. The summed E-state index contributed by atoms with van der Waals surface area (Å²) in [6, 6.07) is 5.86. The number of anilines is 1. The van der Waals surface area contributed by atoms with Crippen LogP contribution in [0, 0.1) is 11.3 Å². The molecule has 0 amide bonds. The van der Waals surface area contributed by atoms with Gasteiger partial charge in [-0.3, -0.25) is 4.90 Å². The average molecular weight is 296 g/mol. The molecule has 0 unspecified atom stereocenters. The van der Waals surface area contributed by atoms with E-state index in [1.165, 1.54) is 43.4 Å².